The van der Waals surface area contributed by atoms with Crippen LogP contribution in [0.1, 0.15) is 15.9 Å². The molecule has 9 nitrogen and oxygen atoms in total. The predicted molar refractivity (Wildman–Crippen MR) is 139 cm³/mol. The van der Waals surface area contributed by atoms with Crippen LogP contribution in [0.25, 0.3) is 33.1 Å². The highest BCUT2D eigenvalue weighted by Crippen LogP contribution is 2.43. The summed E-state index contributed by atoms with van der Waals surface area (Å²) in [7, 11) is 2.91. The van der Waals surface area contributed by atoms with Gasteiger partial charge in [-0.3, -0.25) is 19.2 Å². The van der Waals surface area contributed by atoms with Crippen LogP contribution < -0.4 is 26.2 Å². The predicted octanol–water partition coefficient (Wildman–Crippen LogP) is 2.93. The zero-order valence-electron chi connectivity index (χ0n) is 20.0. The lowest BCUT2D eigenvalue weighted by molar-refractivity contribution is 0.104. The fourth-order valence-corrected chi connectivity index (χ4v) is 5.24. The molecule has 2 aromatic heterocycles. The summed E-state index contributed by atoms with van der Waals surface area (Å²) in [6.45, 7) is 0.0657. The molecule has 5 aromatic rings. The molecule has 0 bridgehead atoms. The van der Waals surface area contributed by atoms with Crippen LogP contribution in [-0.4, -0.2) is 34.1 Å². The molecule has 0 saturated heterocycles. The van der Waals surface area contributed by atoms with Crippen molar-refractivity contribution in [1.29, 1.82) is 0 Å². The highest BCUT2D eigenvalue weighted by molar-refractivity contribution is 6.27. The second-order valence-electron chi connectivity index (χ2n) is 8.71. The molecule has 1 aliphatic carbocycles. The molecule has 2 heterocycles. The van der Waals surface area contributed by atoms with Crippen molar-refractivity contribution in [3.8, 4) is 22.8 Å². The first-order valence-corrected chi connectivity index (χ1v) is 11.6. The van der Waals surface area contributed by atoms with E-state index in [-0.39, 0.29) is 30.0 Å². The van der Waals surface area contributed by atoms with Crippen LogP contribution in [-0.2, 0) is 13.1 Å². The van der Waals surface area contributed by atoms with Crippen molar-refractivity contribution in [3.63, 3.8) is 0 Å². The van der Waals surface area contributed by atoms with E-state index < -0.39 is 16.7 Å². The maximum atomic E-state index is 14.1. The van der Waals surface area contributed by atoms with E-state index in [9.17, 15) is 19.2 Å². The molecule has 0 amide bonds. The van der Waals surface area contributed by atoms with Gasteiger partial charge in [-0.05, 0) is 24.3 Å². The summed E-state index contributed by atoms with van der Waals surface area (Å²) in [4.78, 5) is 55.4. The van der Waals surface area contributed by atoms with Gasteiger partial charge in [-0.2, -0.15) is 0 Å². The zero-order chi connectivity index (χ0) is 25.8. The summed E-state index contributed by atoms with van der Waals surface area (Å²) < 4.78 is 13.8. The Kier molecular flexibility index (Phi) is 5.08. The molecule has 0 unspecified atom stereocenters. The molecule has 184 valence electrons. The van der Waals surface area contributed by atoms with E-state index in [1.54, 1.807) is 54.6 Å². The first kappa shape index (κ1) is 22.5. The smallest absolute Gasteiger partial charge is 0.316 e. The fourth-order valence-electron chi connectivity index (χ4n) is 5.24. The third kappa shape index (κ3) is 3.17. The largest absolute Gasteiger partial charge is 0.493 e. The van der Waals surface area contributed by atoms with Gasteiger partial charge in [0.15, 0.2) is 17.3 Å². The van der Waals surface area contributed by atoms with Crippen LogP contribution in [0.5, 0.6) is 11.5 Å². The zero-order valence-corrected chi connectivity index (χ0v) is 20.0. The molecule has 9 heteroatoms. The Labute approximate surface area is 209 Å². The topological polar surface area (TPSA) is 112 Å². The van der Waals surface area contributed by atoms with Crippen LogP contribution in [0.2, 0.25) is 0 Å². The van der Waals surface area contributed by atoms with Gasteiger partial charge in [-0.1, -0.05) is 36.4 Å². The van der Waals surface area contributed by atoms with Crippen LogP contribution in [0, 0.1) is 0 Å². The van der Waals surface area contributed by atoms with Gasteiger partial charge in [0.05, 0.1) is 41.9 Å². The van der Waals surface area contributed by atoms with Gasteiger partial charge in [0.25, 0.3) is 5.56 Å². The minimum Gasteiger partial charge on any atom is -0.493 e. The SMILES string of the molecule is COc1ccc2c3c(n(CCn4c(=O)c(=O)[nH]c5ccccc54)c(=O)c2c1OC)-c1ccccc1C3=O. The average molecular weight is 495 g/mol. The summed E-state index contributed by atoms with van der Waals surface area (Å²) in [5.41, 5.74) is 1.18. The number of H-pyrrole nitrogens is 1. The number of hydrogen-bond donors (Lipinski definition) is 1. The number of aromatic nitrogens is 3. The van der Waals surface area contributed by atoms with Gasteiger partial charge in [0.2, 0.25) is 0 Å². The van der Waals surface area contributed by atoms with Crippen LogP contribution in [0.15, 0.2) is 75.0 Å². The summed E-state index contributed by atoms with van der Waals surface area (Å²) in [5, 5.41) is 0.679. The number of carbonyl (C=O) groups excluding carboxylic acids is 1. The number of carbonyl (C=O) groups is 1. The maximum absolute atomic E-state index is 14.1. The van der Waals surface area contributed by atoms with Crippen molar-refractivity contribution in [1.82, 2.24) is 14.1 Å². The number of ketones is 1. The van der Waals surface area contributed by atoms with E-state index in [1.807, 2.05) is 6.07 Å². The molecule has 0 fully saturated rings. The quantitative estimate of drug-likeness (QED) is 0.368. The molecular weight excluding hydrogens is 474 g/mol. The minimum atomic E-state index is -0.748. The van der Waals surface area contributed by atoms with Crippen molar-refractivity contribution >= 4 is 27.6 Å². The van der Waals surface area contributed by atoms with E-state index in [2.05, 4.69) is 4.98 Å². The summed E-state index contributed by atoms with van der Waals surface area (Å²) in [6, 6.07) is 17.4. The third-order valence-corrected chi connectivity index (χ3v) is 6.86. The summed E-state index contributed by atoms with van der Waals surface area (Å²) in [5.74, 6) is 0.387. The highest BCUT2D eigenvalue weighted by Gasteiger charge is 2.33. The van der Waals surface area contributed by atoms with Crippen LogP contribution in [0.3, 0.4) is 0 Å². The summed E-state index contributed by atoms with van der Waals surface area (Å²) >= 11 is 0. The number of rotatable bonds is 5. The Hall–Kier alpha value is -4.92. The van der Waals surface area contributed by atoms with Crippen molar-refractivity contribution < 1.29 is 14.3 Å². The van der Waals surface area contributed by atoms with E-state index in [0.29, 0.717) is 44.6 Å². The standard InChI is InChI=1S/C28H21N3O6/c1-36-20-12-11-17-21-23(15-7-3-4-8-16(15)24(21)32)31(27(34)22(17)25(20)37-2)14-13-30-19-10-6-5-9-18(19)29-26(33)28(30)35/h3-12H,13-14H2,1-2H3,(H,29,33). The number of benzene rings is 3. The Morgan fingerprint density at radius 2 is 1.46 bits per heavy atom. The Bertz CT molecular complexity index is 1950. The van der Waals surface area contributed by atoms with Crippen molar-refractivity contribution in [2.75, 3.05) is 14.2 Å². The number of ether oxygens (including phenoxy) is 2. The number of aryl methyl sites for hydroxylation is 1. The maximum Gasteiger partial charge on any atom is 0.316 e. The number of methoxy groups -OCH3 is 2. The Morgan fingerprint density at radius 3 is 2.22 bits per heavy atom. The number of hydrogen-bond acceptors (Lipinski definition) is 6. The van der Waals surface area contributed by atoms with Gasteiger partial charge in [-0.15, -0.1) is 0 Å². The van der Waals surface area contributed by atoms with Gasteiger partial charge >= 0.3 is 11.1 Å². The number of aromatic amines is 1. The molecule has 37 heavy (non-hydrogen) atoms. The van der Waals surface area contributed by atoms with Gasteiger partial charge in [0.1, 0.15) is 0 Å². The Morgan fingerprint density at radius 1 is 0.757 bits per heavy atom. The van der Waals surface area contributed by atoms with Crippen LogP contribution >= 0.6 is 0 Å². The molecule has 0 atom stereocenters. The van der Waals surface area contributed by atoms with Gasteiger partial charge in [0, 0.05) is 29.6 Å². The number of pyridine rings is 1. The monoisotopic (exact) mass is 495 g/mol. The average Bonchev–Trinajstić information content (AvgIpc) is 3.22. The van der Waals surface area contributed by atoms with E-state index in [1.165, 1.54) is 23.4 Å². The van der Waals surface area contributed by atoms with Gasteiger partial charge in [-0.25, -0.2) is 0 Å². The lowest BCUT2D eigenvalue weighted by Gasteiger charge is -2.18. The lowest BCUT2D eigenvalue weighted by Crippen LogP contribution is -2.38. The number of para-hydroxylation sites is 2. The number of fused-ring (bicyclic) bond motifs is 6. The van der Waals surface area contributed by atoms with Crippen molar-refractivity contribution in [2.45, 2.75) is 13.1 Å². The molecule has 1 N–H and O–H groups in total. The first-order chi connectivity index (χ1) is 18.0. The fraction of sp³-hybridized carbons (Fsp3) is 0.143. The normalized spacial score (nSPS) is 12.1. The highest BCUT2D eigenvalue weighted by atomic mass is 16.5. The van der Waals surface area contributed by atoms with Crippen molar-refractivity contribution in [2.24, 2.45) is 0 Å². The second kappa shape index (κ2) is 8.34. The molecule has 1 aliphatic rings. The van der Waals surface area contributed by atoms with Crippen LogP contribution in [0.4, 0.5) is 0 Å². The molecule has 0 saturated carbocycles. The van der Waals surface area contributed by atoms with E-state index in [0.717, 1.165) is 0 Å². The van der Waals surface area contributed by atoms with E-state index >= 15 is 0 Å². The molecule has 0 radical (unpaired) electrons. The second-order valence-corrected chi connectivity index (χ2v) is 8.71. The third-order valence-electron chi connectivity index (χ3n) is 6.86. The molecular formula is C28H21N3O6. The molecule has 0 aliphatic heterocycles. The lowest BCUT2D eigenvalue weighted by atomic mass is 10.0. The minimum absolute atomic E-state index is 0.0315. The summed E-state index contributed by atoms with van der Waals surface area (Å²) in [6.07, 6.45) is 0. The first-order valence-electron chi connectivity index (χ1n) is 11.6. The number of nitrogens with zero attached hydrogens (tertiary/aromatic N) is 2. The van der Waals surface area contributed by atoms with Crippen molar-refractivity contribution in [3.05, 3.63) is 103 Å². The molecule has 6 rings (SSSR count). The van der Waals surface area contributed by atoms with E-state index in [4.69, 9.17) is 9.47 Å². The number of nitrogens with one attached hydrogen (secondary N) is 1. The Balaban J connectivity index is 1.65. The van der Waals surface area contributed by atoms with Gasteiger partial charge < -0.3 is 23.6 Å². The molecule has 3 aromatic carbocycles. The molecule has 0 spiro atoms.